The lowest BCUT2D eigenvalue weighted by atomic mass is 10.1. The molecular formula is C20H16N2O3. The van der Waals surface area contributed by atoms with Crippen LogP contribution in [-0.4, -0.2) is 17.5 Å². The molecule has 1 aliphatic heterocycles. The number of fused-ring (bicyclic) bond motifs is 1. The van der Waals surface area contributed by atoms with Crippen LogP contribution in [0.1, 0.15) is 11.5 Å². The first-order valence-corrected chi connectivity index (χ1v) is 8.00. The van der Waals surface area contributed by atoms with E-state index in [4.69, 9.17) is 9.15 Å². The molecule has 1 N–H and O–H groups in total. The summed E-state index contributed by atoms with van der Waals surface area (Å²) in [6.45, 7) is 0.481. The molecule has 2 aromatic carbocycles. The van der Waals surface area contributed by atoms with Gasteiger partial charge >= 0.3 is 0 Å². The monoisotopic (exact) mass is 332 g/mol. The zero-order chi connectivity index (χ0) is 17.1. The van der Waals surface area contributed by atoms with Crippen molar-refractivity contribution in [3.8, 4) is 17.1 Å². The van der Waals surface area contributed by atoms with Crippen LogP contribution in [0.15, 0.2) is 70.8 Å². The Labute approximate surface area is 145 Å². The Morgan fingerprint density at radius 1 is 1.08 bits per heavy atom. The van der Waals surface area contributed by atoms with Gasteiger partial charge in [0, 0.05) is 11.1 Å². The smallest absolute Gasteiger partial charge is 0.251 e. The Kier molecular flexibility index (Phi) is 4.04. The van der Waals surface area contributed by atoms with Crippen LogP contribution in [0.4, 0.5) is 0 Å². The molecular weight excluding hydrogens is 316 g/mol. The van der Waals surface area contributed by atoms with Gasteiger partial charge in [0.1, 0.15) is 12.4 Å². The van der Waals surface area contributed by atoms with E-state index in [1.165, 1.54) is 0 Å². The summed E-state index contributed by atoms with van der Waals surface area (Å²) in [7, 11) is 0. The Morgan fingerprint density at radius 2 is 1.88 bits per heavy atom. The van der Waals surface area contributed by atoms with Gasteiger partial charge in [-0.3, -0.25) is 4.79 Å². The summed E-state index contributed by atoms with van der Waals surface area (Å²) in [5.41, 5.74) is 2.43. The molecule has 0 aliphatic carbocycles. The van der Waals surface area contributed by atoms with Crippen LogP contribution >= 0.6 is 0 Å². The highest BCUT2D eigenvalue weighted by atomic mass is 16.5. The zero-order valence-electron chi connectivity index (χ0n) is 13.4. The molecule has 0 spiro atoms. The van der Waals surface area contributed by atoms with E-state index >= 15 is 0 Å². The summed E-state index contributed by atoms with van der Waals surface area (Å²) in [6.07, 6.45) is 3.51. The zero-order valence-corrected chi connectivity index (χ0v) is 13.4. The number of rotatable bonds is 4. The second-order valence-corrected chi connectivity index (χ2v) is 5.66. The number of ether oxygens (including phenoxy) is 1. The first kappa shape index (κ1) is 15.2. The Bertz CT molecular complexity index is 929. The van der Waals surface area contributed by atoms with Crippen molar-refractivity contribution in [2.45, 2.75) is 6.54 Å². The lowest BCUT2D eigenvalue weighted by Crippen LogP contribution is -2.28. The number of benzene rings is 2. The summed E-state index contributed by atoms with van der Waals surface area (Å²) in [4.78, 5) is 16.5. The van der Waals surface area contributed by atoms with Gasteiger partial charge in [0.15, 0.2) is 5.76 Å². The summed E-state index contributed by atoms with van der Waals surface area (Å²) >= 11 is 0. The fraction of sp³-hybridized carbons (Fsp3) is 0.100. The average molecular weight is 332 g/mol. The van der Waals surface area contributed by atoms with Gasteiger partial charge in [-0.15, -0.1) is 0 Å². The number of aromatic nitrogens is 1. The Balaban J connectivity index is 1.42. The summed E-state index contributed by atoms with van der Waals surface area (Å²) < 4.78 is 11.3. The third-order valence-corrected chi connectivity index (χ3v) is 3.94. The minimum atomic E-state index is -0.186. The van der Waals surface area contributed by atoms with E-state index in [1.807, 2.05) is 60.7 Å². The number of nitrogens with zero attached hydrogens (tertiary/aromatic N) is 1. The van der Waals surface area contributed by atoms with Crippen molar-refractivity contribution in [1.29, 1.82) is 0 Å². The summed E-state index contributed by atoms with van der Waals surface area (Å²) in [6, 6.07) is 17.3. The predicted molar refractivity (Wildman–Crippen MR) is 93.7 cm³/mol. The lowest BCUT2D eigenvalue weighted by molar-refractivity contribution is -0.118. The second-order valence-electron chi connectivity index (χ2n) is 5.66. The van der Waals surface area contributed by atoms with Crippen LogP contribution in [0.5, 0.6) is 5.75 Å². The standard InChI is InChI=1S/C20H16N2O3/c23-20(16-10-15-8-4-5-9-17(15)24-13-16)22-12-19-21-11-18(25-19)14-6-2-1-3-7-14/h1-11H,12-13H2,(H,22,23). The van der Waals surface area contributed by atoms with Gasteiger partial charge in [-0.25, -0.2) is 4.98 Å². The molecule has 0 radical (unpaired) electrons. The third kappa shape index (κ3) is 3.30. The van der Waals surface area contributed by atoms with Crippen LogP contribution in [0, 0.1) is 0 Å². The van der Waals surface area contributed by atoms with Crippen LogP contribution < -0.4 is 10.1 Å². The molecule has 3 aromatic rings. The first-order valence-electron chi connectivity index (χ1n) is 8.00. The predicted octanol–water partition coefficient (Wildman–Crippen LogP) is 3.43. The molecule has 1 aliphatic rings. The molecule has 0 bridgehead atoms. The fourth-order valence-corrected chi connectivity index (χ4v) is 2.64. The number of oxazole rings is 1. The molecule has 0 saturated heterocycles. The molecule has 1 amide bonds. The van der Waals surface area contributed by atoms with Gasteiger partial charge in [-0.1, -0.05) is 48.5 Å². The topological polar surface area (TPSA) is 64.4 Å². The minimum Gasteiger partial charge on any atom is -0.488 e. The van der Waals surface area contributed by atoms with E-state index in [9.17, 15) is 4.79 Å². The van der Waals surface area contributed by atoms with Crippen LogP contribution in [0.2, 0.25) is 0 Å². The van der Waals surface area contributed by atoms with Gasteiger partial charge in [0.2, 0.25) is 5.89 Å². The van der Waals surface area contributed by atoms with E-state index in [1.54, 1.807) is 6.20 Å². The van der Waals surface area contributed by atoms with Gasteiger partial charge < -0.3 is 14.5 Å². The minimum absolute atomic E-state index is 0.186. The van der Waals surface area contributed by atoms with Crippen molar-refractivity contribution in [2.75, 3.05) is 6.61 Å². The molecule has 1 aromatic heterocycles. The van der Waals surface area contributed by atoms with Gasteiger partial charge in [-0.2, -0.15) is 0 Å². The number of carbonyl (C=O) groups excluding carboxylic acids is 1. The highest BCUT2D eigenvalue weighted by Gasteiger charge is 2.17. The maximum absolute atomic E-state index is 12.3. The number of amides is 1. The van der Waals surface area contributed by atoms with Gasteiger partial charge in [0.25, 0.3) is 5.91 Å². The molecule has 0 atom stereocenters. The Morgan fingerprint density at radius 3 is 2.76 bits per heavy atom. The number of hydrogen-bond acceptors (Lipinski definition) is 4. The maximum Gasteiger partial charge on any atom is 0.251 e. The molecule has 0 saturated carbocycles. The Hall–Kier alpha value is -3.34. The van der Waals surface area contributed by atoms with E-state index in [0.29, 0.717) is 17.2 Å². The lowest BCUT2D eigenvalue weighted by Gasteiger charge is -2.17. The van der Waals surface area contributed by atoms with Crippen molar-refractivity contribution >= 4 is 12.0 Å². The fourth-order valence-electron chi connectivity index (χ4n) is 2.64. The molecule has 25 heavy (non-hydrogen) atoms. The normalized spacial score (nSPS) is 12.7. The van der Waals surface area contributed by atoms with Crippen molar-refractivity contribution < 1.29 is 13.9 Å². The average Bonchev–Trinajstić information content (AvgIpc) is 3.15. The van der Waals surface area contributed by atoms with Gasteiger partial charge in [-0.05, 0) is 12.1 Å². The number of nitrogens with one attached hydrogen (secondary N) is 1. The summed E-state index contributed by atoms with van der Waals surface area (Å²) in [5.74, 6) is 1.75. The van der Waals surface area contributed by atoms with Crippen LogP contribution in [-0.2, 0) is 11.3 Å². The quantitative estimate of drug-likeness (QED) is 0.795. The number of carbonyl (C=O) groups is 1. The highest BCUT2D eigenvalue weighted by molar-refractivity contribution is 5.99. The van der Waals surface area contributed by atoms with Gasteiger partial charge in [0.05, 0.1) is 18.3 Å². The largest absolute Gasteiger partial charge is 0.488 e. The SMILES string of the molecule is O=C(NCc1ncc(-c2ccccc2)o1)C1=Cc2ccccc2OC1. The van der Waals surface area contributed by atoms with Crippen molar-refractivity contribution in [3.63, 3.8) is 0 Å². The highest BCUT2D eigenvalue weighted by Crippen LogP contribution is 2.25. The van der Waals surface area contributed by atoms with Crippen molar-refractivity contribution in [1.82, 2.24) is 10.3 Å². The molecule has 124 valence electrons. The first-order chi connectivity index (χ1) is 12.3. The number of hydrogen-bond donors (Lipinski definition) is 1. The second kappa shape index (κ2) is 6.65. The molecule has 2 heterocycles. The van der Waals surface area contributed by atoms with Crippen molar-refractivity contribution in [3.05, 3.63) is 77.8 Å². The van der Waals surface area contributed by atoms with Crippen LogP contribution in [0.25, 0.3) is 17.4 Å². The van der Waals surface area contributed by atoms with E-state index in [-0.39, 0.29) is 19.1 Å². The van der Waals surface area contributed by atoms with E-state index < -0.39 is 0 Å². The van der Waals surface area contributed by atoms with Crippen molar-refractivity contribution in [2.24, 2.45) is 0 Å². The number of para-hydroxylation sites is 1. The van der Waals surface area contributed by atoms with Crippen LogP contribution in [0.3, 0.4) is 0 Å². The molecule has 5 heteroatoms. The molecule has 0 fully saturated rings. The third-order valence-electron chi connectivity index (χ3n) is 3.94. The molecule has 5 nitrogen and oxygen atoms in total. The maximum atomic E-state index is 12.3. The molecule has 4 rings (SSSR count). The van der Waals surface area contributed by atoms with E-state index in [0.717, 1.165) is 16.9 Å². The molecule has 0 unspecified atom stereocenters. The summed E-state index contributed by atoms with van der Waals surface area (Å²) in [5, 5.41) is 2.82. The van der Waals surface area contributed by atoms with E-state index in [2.05, 4.69) is 10.3 Å².